The van der Waals surface area contributed by atoms with Crippen LogP contribution in [0.1, 0.15) is 16.8 Å². The highest BCUT2D eigenvalue weighted by Crippen LogP contribution is 2.34. The Morgan fingerprint density at radius 3 is 2.14 bits per heavy atom. The predicted octanol–water partition coefficient (Wildman–Crippen LogP) is 4.65. The molecule has 0 fully saturated rings. The van der Waals surface area contributed by atoms with Gasteiger partial charge in [-0.2, -0.15) is 31.4 Å². The summed E-state index contributed by atoms with van der Waals surface area (Å²) in [6, 6.07) is 3.73. The van der Waals surface area contributed by atoms with Crippen LogP contribution in [0, 0.1) is 0 Å². The first-order valence-electron chi connectivity index (χ1n) is 5.52. The van der Waals surface area contributed by atoms with E-state index < -0.39 is 23.6 Å². The zero-order chi connectivity index (χ0) is 15.8. The molecular formula is C12H7ClF6N2. The molecule has 0 amide bonds. The summed E-state index contributed by atoms with van der Waals surface area (Å²) in [5, 5.41) is 3.22. The van der Waals surface area contributed by atoms with Crippen LogP contribution in [0.2, 0.25) is 0 Å². The van der Waals surface area contributed by atoms with Crippen molar-refractivity contribution in [3.8, 4) is 5.69 Å². The highest BCUT2D eigenvalue weighted by atomic mass is 35.5. The molecule has 1 heterocycles. The summed E-state index contributed by atoms with van der Waals surface area (Å²) >= 11 is 5.43. The van der Waals surface area contributed by atoms with E-state index >= 15 is 0 Å². The molecule has 2 nitrogen and oxygen atoms in total. The smallest absolute Gasteiger partial charge is 0.240 e. The highest BCUT2D eigenvalue weighted by molar-refractivity contribution is 6.17. The fourth-order valence-electron chi connectivity index (χ4n) is 1.71. The van der Waals surface area contributed by atoms with E-state index in [4.69, 9.17) is 11.6 Å². The Balaban J connectivity index is 2.48. The third-order valence-corrected chi connectivity index (χ3v) is 2.97. The number of alkyl halides is 7. The monoisotopic (exact) mass is 328 g/mol. The maximum atomic E-state index is 12.9. The maximum absolute atomic E-state index is 12.9. The van der Waals surface area contributed by atoms with Crippen molar-refractivity contribution >= 4 is 11.6 Å². The van der Waals surface area contributed by atoms with Crippen LogP contribution in [-0.4, -0.2) is 9.78 Å². The Kier molecular flexibility index (Phi) is 3.92. The summed E-state index contributed by atoms with van der Waals surface area (Å²) in [7, 11) is 0. The van der Waals surface area contributed by atoms with Crippen LogP contribution in [0.15, 0.2) is 30.5 Å². The van der Waals surface area contributed by atoms with E-state index in [0.29, 0.717) is 12.1 Å². The van der Waals surface area contributed by atoms with Crippen LogP contribution in [-0.2, 0) is 18.2 Å². The topological polar surface area (TPSA) is 17.8 Å². The lowest BCUT2D eigenvalue weighted by molar-refractivity contribution is -0.141. The molecule has 0 saturated heterocycles. The molecule has 0 aliphatic heterocycles. The largest absolute Gasteiger partial charge is 0.435 e. The Labute approximate surface area is 119 Å². The van der Waals surface area contributed by atoms with Crippen molar-refractivity contribution in [2.24, 2.45) is 0 Å². The molecule has 2 aromatic rings. The van der Waals surface area contributed by atoms with Gasteiger partial charge in [-0.05, 0) is 23.8 Å². The summed E-state index contributed by atoms with van der Waals surface area (Å²) in [6.45, 7) is 0. The Hall–Kier alpha value is -1.70. The van der Waals surface area contributed by atoms with Crippen molar-refractivity contribution in [1.29, 1.82) is 0 Å². The summed E-state index contributed by atoms with van der Waals surface area (Å²) in [6.07, 6.45) is -8.37. The summed E-state index contributed by atoms with van der Waals surface area (Å²) < 4.78 is 76.6. The third kappa shape index (κ3) is 3.31. The van der Waals surface area contributed by atoms with E-state index in [9.17, 15) is 26.3 Å². The average molecular weight is 329 g/mol. The first kappa shape index (κ1) is 15.7. The van der Waals surface area contributed by atoms with Gasteiger partial charge in [-0.3, -0.25) is 0 Å². The normalized spacial score (nSPS) is 12.7. The molecule has 2 rings (SSSR count). The van der Waals surface area contributed by atoms with Gasteiger partial charge < -0.3 is 0 Å². The first-order chi connectivity index (χ1) is 9.63. The van der Waals surface area contributed by atoms with Gasteiger partial charge >= 0.3 is 12.4 Å². The molecule has 0 aliphatic carbocycles. The summed E-state index contributed by atoms with van der Waals surface area (Å²) in [4.78, 5) is 0. The standard InChI is InChI=1S/C12H7ClF6N2/c13-6-7-1-2-8(5-9(7)11(14,15)16)21-4-3-10(20-21)12(17,18)19/h1-5H,6H2. The zero-order valence-corrected chi connectivity index (χ0v) is 10.9. The van der Waals surface area contributed by atoms with E-state index in [2.05, 4.69) is 5.10 Å². The van der Waals surface area contributed by atoms with Crippen molar-refractivity contribution in [2.75, 3.05) is 0 Å². The lowest BCUT2D eigenvalue weighted by Crippen LogP contribution is -2.11. The van der Waals surface area contributed by atoms with Crippen molar-refractivity contribution in [3.63, 3.8) is 0 Å². The minimum absolute atomic E-state index is 0.133. The molecule has 0 saturated carbocycles. The van der Waals surface area contributed by atoms with E-state index in [1.807, 2.05) is 0 Å². The zero-order valence-electron chi connectivity index (χ0n) is 10.1. The molecule has 0 spiro atoms. The van der Waals surface area contributed by atoms with Crippen molar-refractivity contribution < 1.29 is 26.3 Å². The van der Waals surface area contributed by atoms with Crippen LogP contribution in [0.25, 0.3) is 5.69 Å². The SMILES string of the molecule is FC(F)(F)c1ccn(-c2ccc(CCl)c(C(F)(F)F)c2)n1. The number of rotatable bonds is 2. The molecule has 0 radical (unpaired) electrons. The minimum Gasteiger partial charge on any atom is -0.240 e. The molecule has 0 N–H and O–H groups in total. The fourth-order valence-corrected chi connectivity index (χ4v) is 1.94. The minimum atomic E-state index is -4.66. The number of hydrogen-bond donors (Lipinski definition) is 0. The van der Waals surface area contributed by atoms with Crippen molar-refractivity contribution in [3.05, 3.63) is 47.3 Å². The maximum Gasteiger partial charge on any atom is 0.435 e. The molecule has 114 valence electrons. The quantitative estimate of drug-likeness (QED) is 0.579. The summed E-state index contributed by atoms with van der Waals surface area (Å²) in [5.74, 6) is -0.359. The second-order valence-electron chi connectivity index (χ2n) is 4.12. The van der Waals surface area contributed by atoms with Crippen LogP contribution in [0.3, 0.4) is 0 Å². The van der Waals surface area contributed by atoms with E-state index in [1.165, 1.54) is 6.07 Å². The Bertz CT molecular complexity index is 644. The lowest BCUT2D eigenvalue weighted by Gasteiger charge is -2.13. The third-order valence-electron chi connectivity index (χ3n) is 2.69. The van der Waals surface area contributed by atoms with Gasteiger partial charge in [0.05, 0.1) is 11.3 Å². The van der Waals surface area contributed by atoms with E-state index in [-0.39, 0.29) is 17.1 Å². The van der Waals surface area contributed by atoms with Crippen LogP contribution in [0.4, 0.5) is 26.3 Å². The molecule has 21 heavy (non-hydrogen) atoms. The summed E-state index contributed by atoms with van der Waals surface area (Å²) in [5.41, 5.74) is -2.47. The van der Waals surface area contributed by atoms with Gasteiger partial charge in [-0.1, -0.05) is 6.07 Å². The van der Waals surface area contributed by atoms with Crippen LogP contribution in [0.5, 0.6) is 0 Å². The second kappa shape index (κ2) is 5.25. The van der Waals surface area contributed by atoms with E-state index in [1.54, 1.807) is 0 Å². The molecule has 0 unspecified atom stereocenters. The molecule has 1 aromatic carbocycles. The van der Waals surface area contributed by atoms with Gasteiger partial charge in [0.1, 0.15) is 0 Å². The molecule has 9 heteroatoms. The Morgan fingerprint density at radius 1 is 1.00 bits per heavy atom. The van der Waals surface area contributed by atoms with Gasteiger partial charge in [-0.15, -0.1) is 11.6 Å². The number of benzene rings is 1. The van der Waals surface area contributed by atoms with Gasteiger partial charge in [0.25, 0.3) is 0 Å². The number of nitrogens with zero attached hydrogens (tertiary/aromatic N) is 2. The Morgan fingerprint density at radius 2 is 1.67 bits per heavy atom. The number of aromatic nitrogens is 2. The average Bonchev–Trinajstić information content (AvgIpc) is 2.86. The van der Waals surface area contributed by atoms with Gasteiger partial charge in [0.2, 0.25) is 0 Å². The van der Waals surface area contributed by atoms with Gasteiger partial charge in [-0.25, -0.2) is 4.68 Å². The molecule has 1 aromatic heterocycles. The molecular weight excluding hydrogens is 322 g/mol. The number of halogens is 7. The van der Waals surface area contributed by atoms with Crippen molar-refractivity contribution in [1.82, 2.24) is 9.78 Å². The van der Waals surface area contributed by atoms with Gasteiger partial charge in [0.15, 0.2) is 5.69 Å². The van der Waals surface area contributed by atoms with E-state index in [0.717, 1.165) is 16.9 Å². The predicted molar refractivity (Wildman–Crippen MR) is 63.1 cm³/mol. The molecule has 0 atom stereocenters. The van der Waals surface area contributed by atoms with Crippen LogP contribution >= 0.6 is 11.6 Å². The van der Waals surface area contributed by atoms with Crippen LogP contribution < -0.4 is 0 Å². The number of hydrogen-bond acceptors (Lipinski definition) is 1. The lowest BCUT2D eigenvalue weighted by atomic mass is 10.1. The molecule has 0 aliphatic rings. The fraction of sp³-hybridized carbons (Fsp3) is 0.250. The van der Waals surface area contributed by atoms with Gasteiger partial charge in [0, 0.05) is 12.1 Å². The second-order valence-corrected chi connectivity index (χ2v) is 4.38. The highest BCUT2D eigenvalue weighted by Gasteiger charge is 2.35. The molecule has 0 bridgehead atoms. The first-order valence-corrected chi connectivity index (χ1v) is 6.05. The van der Waals surface area contributed by atoms with Crippen molar-refractivity contribution in [2.45, 2.75) is 18.2 Å².